The van der Waals surface area contributed by atoms with E-state index in [2.05, 4.69) is 84.4 Å². The van der Waals surface area contributed by atoms with Crippen LogP contribution in [0, 0.1) is 23.2 Å². The summed E-state index contributed by atoms with van der Waals surface area (Å²) < 4.78 is 2.71. The Morgan fingerprint density at radius 1 is 0.889 bits per heavy atom. The molecule has 1 fully saturated rings. The summed E-state index contributed by atoms with van der Waals surface area (Å²) in [4.78, 5) is 0. The van der Waals surface area contributed by atoms with Crippen LogP contribution in [0.3, 0.4) is 0 Å². The van der Waals surface area contributed by atoms with Gasteiger partial charge in [-0.25, -0.2) is 0 Å². The second-order valence-corrected chi connectivity index (χ2v) is 10.7. The Kier molecular flexibility index (Phi) is 5.90. The first-order valence-corrected chi connectivity index (χ1v) is 11.4. The van der Waals surface area contributed by atoms with Gasteiger partial charge in [-0.1, -0.05) is 73.1 Å². The fraction of sp³-hybridized carbons (Fsp3) is 0.731. The molecule has 150 valence electrons. The van der Waals surface area contributed by atoms with E-state index in [1.807, 2.05) is 0 Å². The zero-order valence-corrected chi connectivity index (χ0v) is 19.0. The minimum Gasteiger partial charge on any atom is -0.199 e. The molecule has 1 aromatic carbocycles. The van der Waals surface area contributed by atoms with Crippen molar-refractivity contribution in [1.29, 1.82) is 0 Å². The van der Waals surface area contributed by atoms with Crippen molar-refractivity contribution < 1.29 is 4.58 Å². The van der Waals surface area contributed by atoms with Crippen LogP contribution in [-0.4, -0.2) is 16.8 Å². The molecule has 1 spiro atoms. The predicted octanol–water partition coefficient (Wildman–Crippen LogP) is 7.52. The minimum atomic E-state index is 0.392. The van der Waals surface area contributed by atoms with Crippen LogP contribution >= 0.6 is 0 Å². The van der Waals surface area contributed by atoms with E-state index in [0.717, 1.165) is 17.8 Å². The summed E-state index contributed by atoms with van der Waals surface area (Å²) in [6.45, 7) is 19.2. The molecule has 1 aliphatic heterocycles. The van der Waals surface area contributed by atoms with Crippen LogP contribution in [0.15, 0.2) is 18.2 Å². The van der Waals surface area contributed by atoms with Crippen molar-refractivity contribution in [3.8, 4) is 0 Å². The van der Waals surface area contributed by atoms with Gasteiger partial charge in [0.15, 0.2) is 12.3 Å². The maximum absolute atomic E-state index is 2.71. The van der Waals surface area contributed by atoms with E-state index < -0.39 is 0 Å². The third-order valence-electron chi connectivity index (χ3n) is 7.39. The average molecular weight is 369 g/mol. The molecule has 0 amide bonds. The Balaban J connectivity index is 2.16. The van der Waals surface area contributed by atoms with Crippen molar-refractivity contribution in [2.45, 2.75) is 99.0 Å². The van der Waals surface area contributed by atoms with Crippen LogP contribution < -0.4 is 0 Å². The van der Waals surface area contributed by atoms with Gasteiger partial charge < -0.3 is 0 Å². The molecule has 0 bridgehead atoms. The third kappa shape index (κ3) is 3.76. The zero-order chi connectivity index (χ0) is 19.9. The highest BCUT2D eigenvalue weighted by Crippen LogP contribution is 2.52. The van der Waals surface area contributed by atoms with E-state index in [-0.39, 0.29) is 0 Å². The average Bonchev–Trinajstić information content (AvgIpc) is 2.89. The van der Waals surface area contributed by atoms with Gasteiger partial charge in [0.2, 0.25) is 5.69 Å². The van der Waals surface area contributed by atoms with E-state index in [1.54, 1.807) is 0 Å². The largest absolute Gasteiger partial charge is 0.212 e. The minimum absolute atomic E-state index is 0.392. The van der Waals surface area contributed by atoms with Gasteiger partial charge in [0.05, 0.1) is 5.41 Å². The molecular formula is C26H42N+. The van der Waals surface area contributed by atoms with Crippen molar-refractivity contribution in [3.05, 3.63) is 29.3 Å². The Labute approximate surface area is 168 Å². The Morgan fingerprint density at radius 2 is 1.48 bits per heavy atom. The number of benzene rings is 1. The van der Waals surface area contributed by atoms with Crippen LogP contribution in [0.25, 0.3) is 0 Å². The summed E-state index contributed by atoms with van der Waals surface area (Å²) in [6.07, 6.45) is 8.22. The second kappa shape index (κ2) is 7.72. The van der Waals surface area contributed by atoms with Crippen molar-refractivity contribution in [2.24, 2.45) is 23.2 Å². The normalized spacial score (nSPS) is 31.4. The molecule has 0 unspecified atom stereocenters. The molecule has 1 heterocycles. The summed E-state index contributed by atoms with van der Waals surface area (Å²) in [7, 11) is 0. The molecule has 1 aromatic rings. The summed E-state index contributed by atoms with van der Waals surface area (Å²) >= 11 is 0. The van der Waals surface area contributed by atoms with Crippen LogP contribution in [0.4, 0.5) is 5.69 Å². The van der Waals surface area contributed by atoms with Gasteiger partial charge in [0.1, 0.15) is 0 Å². The van der Waals surface area contributed by atoms with Gasteiger partial charge in [-0.2, -0.15) is 4.58 Å². The van der Waals surface area contributed by atoms with E-state index in [0.29, 0.717) is 23.3 Å². The lowest BCUT2D eigenvalue weighted by Crippen LogP contribution is -2.39. The maximum atomic E-state index is 2.71. The van der Waals surface area contributed by atoms with Gasteiger partial charge in [0, 0.05) is 17.5 Å². The lowest BCUT2D eigenvalue weighted by atomic mass is 9.59. The first-order chi connectivity index (χ1) is 12.7. The predicted molar refractivity (Wildman–Crippen MR) is 118 cm³/mol. The van der Waals surface area contributed by atoms with E-state index in [1.165, 1.54) is 42.5 Å². The van der Waals surface area contributed by atoms with Gasteiger partial charge >= 0.3 is 0 Å². The van der Waals surface area contributed by atoms with Crippen molar-refractivity contribution in [3.63, 3.8) is 0 Å². The lowest BCUT2D eigenvalue weighted by molar-refractivity contribution is -0.468. The van der Waals surface area contributed by atoms with Crippen LogP contribution in [0.1, 0.15) is 104 Å². The number of hydrogen-bond donors (Lipinski definition) is 0. The van der Waals surface area contributed by atoms with Gasteiger partial charge in [-0.05, 0) is 49.4 Å². The second-order valence-electron chi connectivity index (χ2n) is 10.7. The van der Waals surface area contributed by atoms with E-state index in [4.69, 9.17) is 0 Å². The molecule has 4 atom stereocenters. The maximum Gasteiger partial charge on any atom is 0.212 e. The standard InChI is InChI=1S/C26H42N/c1-17(2)22-10-9-11-23(18(3)4)25(22)27-16-26(15-21(27)8)14-20(7)12-13-24(26)19(5)6/h9-11,16-21,24H,12-15H2,1-8H3/q+1/t20-,21-,24+,26+/m1/s1. The monoisotopic (exact) mass is 368 g/mol. The van der Waals surface area contributed by atoms with Crippen LogP contribution in [0.5, 0.6) is 0 Å². The first-order valence-electron chi connectivity index (χ1n) is 11.4. The Morgan fingerprint density at radius 3 is 2.00 bits per heavy atom. The van der Waals surface area contributed by atoms with Crippen LogP contribution in [-0.2, 0) is 0 Å². The number of hydrogen-bond acceptors (Lipinski definition) is 0. The summed E-state index contributed by atoms with van der Waals surface area (Å²) in [5, 5.41) is 0. The van der Waals surface area contributed by atoms with Gasteiger partial charge in [-0.3, -0.25) is 0 Å². The smallest absolute Gasteiger partial charge is 0.199 e. The third-order valence-corrected chi connectivity index (χ3v) is 7.39. The molecule has 3 rings (SSSR count). The molecule has 0 radical (unpaired) electrons. The summed E-state index contributed by atoms with van der Waals surface area (Å²) in [6, 6.07) is 7.58. The van der Waals surface area contributed by atoms with E-state index >= 15 is 0 Å². The number of para-hydroxylation sites is 1. The highest BCUT2D eigenvalue weighted by molar-refractivity contribution is 5.67. The Bertz CT molecular complexity index is 670. The fourth-order valence-electron chi connectivity index (χ4n) is 6.23. The van der Waals surface area contributed by atoms with Gasteiger partial charge in [0.25, 0.3) is 0 Å². The van der Waals surface area contributed by atoms with Gasteiger partial charge in [-0.15, -0.1) is 0 Å². The van der Waals surface area contributed by atoms with Crippen molar-refractivity contribution >= 4 is 11.9 Å². The summed E-state index contributed by atoms with van der Waals surface area (Å²) in [5.74, 6) is 3.57. The number of rotatable bonds is 4. The molecule has 1 heteroatoms. The molecule has 1 aliphatic carbocycles. The van der Waals surface area contributed by atoms with Crippen molar-refractivity contribution in [1.82, 2.24) is 0 Å². The summed E-state index contributed by atoms with van der Waals surface area (Å²) in [5.41, 5.74) is 4.95. The SMILES string of the molecule is CC(C)c1cccc(C(C)C)c1[N+]1=C[C@]2(C[C@H](C)CC[C@H]2C(C)C)C[C@H]1C. The molecule has 0 saturated heterocycles. The highest BCUT2D eigenvalue weighted by Gasteiger charge is 2.52. The lowest BCUT2D eigenvalue weighted by Gasteiger charge is -2.42. The molecular weight excluding hydrogens is 326 g/mol. The molecule has 2 aliphatic rings. The van der Waals surface area contributed by atoms with E-state index in [9.17, 15) is 0 Å². The quantitative estimate of drug-likeness (QED) is 0.483. The molecule has 1 nitrogen and oxygen atoms in total. The molecule has 1 saturated carbocycles. The highest BCUT2D eigenvalue weighted by atomic mass is 15.1. The molecule has 27 heavy (non-hydrogen) atoms. The number of nitrogens with zero attached hydrogens (tertiary/aromatic N) is 1. The van der Waals surface area contributed by atoms with Crippen molar-refractivity contribution in [2.75, 3.05) is 0 Å². The molecule has 0 N–H and O–H groups in total. The zero-order valence-electron chi connectivity index (χ0n) is 19.0. The topological polar surface area (TPSA) is 3.01 Å². The first kappa shape index (κ1) is 20.6. The molecule has 0 aromatic heterocycles. The Hall–Kier alpha value is -1.11. The fourth-order valence-corrected chi connectivity index (χ4v) is 6.23. The van der Waals surface area contributed by atoms with Crippen LogP contribution in [0.2, 0.25) is 0 Å².